The lowest BCUT2D eigenvalue weighted by Crippen LogP contribution is -2.19. The SMILES string of the molecule is CCC(CC1CC1)Nc1ccc(I)cc1[N+](=O)[O-]. The first-order chi connectivity index (χ1) is 8.60. The summed E-state index contributed by atoms with van der Waals surface area (Å²) in [4.78, 5) is 10.7. The maximum Gasteiger partial charge on any atom is 0.293 e. The summed E-state index contributed by atoms with van der Waals surface area (Å²) in [5.74, 6) is 0.824. The zero-order valence-electron chi connectivity index (χ0n) is 10.4. The van der Waals surface area contributed by atoms with Crippen molar-refractivity contribution in [3.63, 3.8) is 0 Å². The molecule has 0 aliphatic heterocycles. The van der Waals surface area contributed by atoms with Gasteiger partial charge in [0.15, 0.2) is 0 Å². The van der Waals surface area contributed by atoms with Crippen molar-refractivity contribution < 1.29 is 4.92 Å². The van der Waals surface area contributed by atoms with Gasteiger partial charge in [-0.15, -0.1) is 0 Å². The molecule has 0 spiro atoms. The van der Waals surface area contributed by atoms with Gasteiger partial charge in [-0.1, -0.05) is 19.8 Å². The van der Waals surface area contributed by atoms with Crippen molar-refractivity contribution >= 4 is 34.0 Å². The van der Waals surface area contributed by atoms with Gasteiger partial charge in [-0.25, -0.2) is 0 Å². The highest BCUT2D eigenvalue weighted by Gasteiger charge is 2.26. The topological polar surface area (TPSA) is 55.2 Å². The molecule has 4 nitrogen and oxygen atoms in total. The van der Waals surface area contributed by atoms with Gasteiger partial charge in [0, 0.05) is 15.7 Å². The third-order valence-electron chi connectivity index (χ3n) is 3.32. The van der Waals surface area contributed by atoms with Crippen molar-refractivity contribution in [2.24, 2.45) is 5.92 Å². The molecule has 0 heterocycles. The average molecular weight is 360 g/mol. The van der Waals surface area contributed by atoms with Gasteiger partial charge in [-0.2, -0.15) is 0 Å². The van der Waals surface area contributed by atoms with Crippen LogP contribution in [0.1, 0.15) is 32.6 Å². The summed E-state index contributed by atoms with van der Waals surface area (Å²) in [6.45, 7) is 2.12. The lowest BCUT2D eigenvalue weighted by molar-refractivity contribution is -0.384. The van der Waals surface area contributed by atoms with Gasteiger partial charge in [0.1, 0.15) is 5.69 Å². The van der Waals surface area contributed by atoms with Gasteiger partial charge >= 0.3 is 0 Å². The Balaban J connectivity index is 2.13. The smallest absolute Gasteiger partial charge is 0.293 e. The fourth-order valence-corrected chi connectivity index (χ4v) is 2.56. The van der Waals surface area contributed by atoms with E-state index in [2.05, 4.69) is 34.8 Å². The van der Waals surface area contributed by atoms with E-state index in [1.165, 1.54) is 12.8 Å². The Morgan fingerprint density at radius 2 is 2.28 bits per heavy atom. The second-order valence-electron chi connectivity index (χ2n) is 4.85. The minimum atomic E-state index is -0.311. The highest BCUT2D eigenvalue weighted by atomic mass is 127. The molecule has 1 aromatic rings. The molecular formula is C13H17IN2O2. The molecule has 1 aliphatic carbocycles. The van der Waals surface area contributed by atoms with E-state index < -0.39 is 0 Å². The predicted octanol–water partition coefficient (Wildman–Crippen LogP) is 4.19. The third kappa shape index (κ3) is 3.57. The minimum absolute atomic E-state index is 0.177. The highest BCUT2D eigenvalue weighted by Crippen LogP contribution is 2.36. The van der Waals surface area contributed by atoms with Gasteiger partial charge in [-0.3, -0.25) is 10.1 Å². The molecule has 5 heteroatoms. The molecule has 0 aromatic heterocycles. The molecule has 1 aliphatic rings. The second-order valence-corrected chi connectivity index (χ2v) is 6.09. The number of anilines is 1. The Bertz CT molecular complexity index is 447. The van der Waals surface area contributed by atoms with E-state index in [1.54, 1.807) is 6.07 Å². The van der Waals surface area contributed by atoms with E-state index in [4.69, 9.17) is 0 Å². The van der Waals surface area contributed by atoms with E-state index in [9.17, 15) is 10.1 Å². The summed E-state index contributed by atoms with van der Waals surface area (Å²) in [7, 11) is 0. The van der Waals surface area contributed by atoms with Gasteiger partial charge < -0.3 is 5.32 Å². The van der Waals surface area contributed by atoms with Crippen LogP contribution < -0.4 is 5.32 Å². The number of halogens is 1. The number of nitrogens with zero attached hydrogens (tertiary/aromatic N) is 1. The van der Waals surface area contributed by atoms with Crippen LogP contribution in [0.3, 0.4) is 0 Å². The van der Waals surface area contributed by atoms with Crippen LogP contribution in [0.25, 0.3) is 0 Å². The average Bonchev–Trinajstić information content (AvgIpc) is 3.14. The Hall–Kier alpha value is -0.850. The molecule has 1 saturated carbocycles. The largest absolute Gasteiger partial charge is 0.377 e. The van der Waals surface area contributed by atoms with Gasteiger partial charge in [0.05, 0.1) is 4.92 Å². The summed E-state index contributed by atoms with van der Waals surface area (Å²) >= 11 is 2.10. The molecule has 1 N–H and O–H groups in total. The van der Waals surface area contributed by atoms with Crippen LogP contribution in [-0.4, -0.2) is 11.0 Å². The highest BCUT2D eigenvalue weighted by molar-refractivity contribution is 14.1. The molecule has 2 rings (SSSR count). The fourth-order valence-electron chi connectivity index (χ4n) is 2.08. The van der Waals surface area contributed by atoms with Crippen molar-refractivity contribution in [1.82, 2.24) is 0 Å². The number of nitro benzene ring substituents is 1. The van der Waals surface area contributed by atoms with Crippen molar-refractivity contribution in [3.05, 3.63) is 31.9 Å². The Kier molecular flexibility index (Phi) is 4.42. The molecule has 1 unspecified atom stereocenters. The molecule has 18 heavy (non-hydrogen) atoms. The van der Waals surface area contributed by atoms with Gasteiger partial charge in [0.2, 0.25) is 0 Å². The molecule has 1 aromatic carbocycles. The zero-order valence-corrected chi connectivity index (χ0v) is 12.5. The Morgan fingerprint density at radius 1 is 1.56 bits per heavy atom. The number of nitrogens with one attached hydrogen (secondary N) is 1. The van der Waals surface area contributed by atoms with Crippen LogP contribution in [0, 0.1) is 19.6 Å². The number of hydrogen-bond donors (Lipinski definition) is 1. The zero-order chi connectivity index (χ0) is 13.1. The molecule has 0 amide bonds. The Labute approximate surface area is 120 Å². The van der Waals surface area contributed by atoms with Crippen molar-refractivity contribution in [2.75, 3.05) is 5.32 Å². The first-order valence-corrected chi connectivity index (χ1v) is 7.38. The van der Waals surface area contributed by atoms with Gasteiger partial charge in [-0.05, 0) is 53.5 Å². The number of nitro groups is 1. The summed E-state index contributed by atoms with van der Waals surface area (Å²) in [6.07, 6.45) is 4.75. The van der Waals surface area contributed by atoms with Crippen LogP contribution in [-0.2, 0) is 0 Å². The molecular weight excluding hydrogens is 343 g/mol. The molecule has 0 bridgehead atoms. The first-order valence-electron chi connectivity index (χ1n) is 6.30. The van der Waals surface area contributed by atoms with Crippen LogP contribution in [0.5, 0.6) is 0 Å². The van der Waals surface area contributed by atoms with E-state index in [0.29, 0.717) is 11.7 Å². The van der Waals surface area contributed by atoms with E-state index >= 15 is 0 Å². The third-order valence-corrected chi connectivity index (χ3v) is 3.99. The monoisotopic (exact) mass is 360 g/mol. The maximum absolute atomic E-state index is 11.0. The van der Waals surface area contributed by atoms with E-state index in [1.807, 2.05) is 12.1 Å². The van der Waals surface area contributed by atoms with Crippen molar-refractivity contribution in [1.29, 1.82) is 0 Å². The summed E-state index contributed by atoms with van der Waals surface area (Å²) < 4.78 is 0.889. The van der Waals surface area contributed by atoms with Crippen LogP contribution in [0.15, 0.2) is 18.2 Å². The first kappa shape index (κ1) is 13.6. The lowest BCUT2D eigenvalue weighted by atomic mass is 10.1. The van der Waals surface area contributed by atoms with Crippen LogP contribution >= 0.6 is 22.6 Å². The van der Waals surface area contributed by atoms with Gasteiger partial charge in [0.25, 0.3) is 5.69 Å². The van der Waals surface area contributed by atoms with E-state index in [-0.39, 0.29) is 10.6 Å². The minimum Gasteiger partial charge on any atom is -0.377 e. The number of rotatable bonds is 6. The number of benzene rings is 1. The quantitative estimate of drug-likeness (QED) is 0.470. The molecule has 0 saturated heterocycles. The number of hydrogen-bond acceptors (Lipinski definition) is 3. The normalized spacial score (nSPS) is 16.3. The maximum atomic E-state index is 11.0. The predicted molar refractivity (Wildman–Crippen MR) is 80.9 cm³/mol. The summed E-state index contributed by atoms with van der Waals surface area (Å²) in [6, 6.07) is 5.68. The van der Waals surface area contributed by atoms with Crippen LogP contribution in [0.4, 0.5) is 11.4 Å². The molecule has 0 radical (unpaired) electrons. The van der Waals surface area contributed by atoms with Crippen molar-refractivity contribution in [3.8, 4) is 0 Å². The Morgan fingerprint density at radius 3 is 2.83 bits per heavy atom. The summed E-state index contributed by atoms with van der Waals surface area (Å²) in [5.41, 5.74) is 0.823. The summed E-state index contributed by atoms with van der Waals surface area (Å²) in [5, 5.41) is 14.4. The molecule has 1 fully saturated rings. The second kappa shape index (κ2) is 5.86. The molecule has 1 atom stereocenters. The van der Waals surface area contributed by atoms with Crippen molar-refractivity contribution in [2.45, 2.75) is 38.6 Å². The van der Waals surface area contributed by atoms with Crippen LogP contribution in [0.2, 0.25) is 0 Å². The van der Waals surface area contributed by atoms with E-state index in [0.717, 1.165) is 22.3 Å². The molecule has 98 valence electrons. The standard InChI is InChI=1S/C13H17IN2O2/c1-2-11(7-9-3-4-9)15-12-6-5-10(14)8-13(12)16(17)18/h5-6,8-9,11,15H,2-4,7H2,1H3. The lowest BCUT2D eigenvalue weighted by Gasteiger charge is -2.18. The fraction of sp³-hybridized carbons (Fsp3) is 0.538.